The molecule has 1 N–H and O–H groups in total. The van der Waals surface area contributed by atoms with Crippen molar-refractivity contribution in [3.05, 3.63) is 54.2 Å². The van der Waals surface area contributed by atoms with Crippen LogP contribution in [0.25, 0.3) is 0 Å². The number of hydrogen-bond acceptors (Lipinski definition) is 4. The van der Waals surface area contributed by atoms with Gasteiger partial charge in [-0.15, -0.1) is 0 Å². The van der Waals surface area contributed by atoms with E-state index < -0.39 is 18.2 Å². The van der Waals surface area contributed by atoms with Crippen molar-refractivity contribution in [2.45, 2.75) is 31.4 Å². The van der Waals surface area contributed by atoms with E-state index in [2.05, 4.69) is 15.0 Å². The minimum absolute atomic E-state index is 0.0317. The van der Waals surface area contributed by atoms with E-state index in [0.29, 0.717) is 31.6 Å². The molecule has 160 valence electrons. The molecule has 0 unspecified atom stereocenters. The summed E-state index contributed by atoms with van der Waals surface area (Å²) < 4.78 is 41.3. The molecule has 1 saturated heterocycles. The van der Waals surface area contributed by atoms with Crippen molar-refractivity contribution in [2.75, 3.05) is 25.0 Å². The normalized spacial score (nSPS) is 16.1. The number of carbonyl (C=O) groups excluding carboxylic acids is 2. The fourth-order valence-electron chi connectivity index (χ4n) is 3.55. The summed E-state index contributed by atoms with van der Waals surface area (Å²) in [5, 5.41) is 2.81. The van der Waals surface area contributed by atoms with E-state index in [4.69, 9.17) is 0 Å². The Bertz CT molecular complexity index is 878. The Morgan fingerprint density at radius 3 is 2.33 bits per heavy atom. The maximum atomic E-state index is 13.3. The van der Waals surface area contributed by atoms with Crippen molar-refractivity contribution < 1.29 is 27.5 Å². The molecule has 2 heterocycles. The van der Waals surface area contributed by atoms with E-state index in [0.717, 1.165) is 5.56 Å². The van der Waals surface area contributed by atoms with Crippen LogP contribution in [0.15, 0.2) is 48.7 Å². The van der Waals surface area contributed by atoms with Gasteiger partial charge in [0.2, 0.25) is 17.7 Å². The van der Waals surface area contributed by atoms with Gasteiger partial charge in [-0.1, -0.05) is 30.3 Å². The molecule has 0 radical (unpaired) electrons. The lowest BCUT2D eigenvalue weighted by molar-refractivity contribution is -0.154. The minimum atomic E-state index is -4.45. The largest absolute Gasteiger partial charge is 0.468 e. The summed E-state index contributed by atoms with van der Waals surface area (Å²) in [5.41, 5.74) is 0.381. The molecule has 30 heavy (non-hydrogen) atoms. The van der Waals surface area contributed by atoms with Crippen LogP contribution in [0, 0.1) is 0 Å². The molecule has 3 rings (SSSR count). The Hall–Kier alpha value is -3.10. The molecule has 2 amide bonds. The van der Waals surface area contributed by atoms with Gasteiger partial charge in [-0.25, -0.2) is 4.98 Å². The summed E-state index contributed by atoms with van der Waals surface area (Å²) in [4.78, 5) is 30.5. The van der Waals surface area contributed by atoms with Crippen LogP contribution in [0.4, 0.5) is 18.9 Å². The van der Waals surface area contributed by atoms with Gasteiger partial charge in [0.05, 0.1) is 17.3 Å². The number of aromatic nitrogens is 1. The Labute approximate surface area is 172 Å². The summed E-state index contributed by atoms with van der Waals surface area (Å²) in [6, 6.07) is 12.1. The number of carbonyl (C=O) groups is 2. The number of alkyl halides is 3. The number of halogens is 3. The zero-order chi connectivity index (χ0) is 21.8. The molecule has 0 bridgehead atoms. The van der Waals surface area contributed by atoms with Gasteiger partial charge < -0.3 is 15.0 Å². The van der Waals surface area contributed by atoms with Crippen molar-refractivity contribution in [3.8, 4) is 5.88 Å². The molecule has 1 aromatic carbocycles. The smallest absolute Gasteiger partial charge is 0.422 e. The minimum Gasteiger partial charge on any atom is -0.468 e. The second kappa shape index (κ2) is 8.73. The summed E-state index contributed by atoms with van der Waals surface area (Å²) >= 11 is 0. The number of hydrogen-bond donors (Lipinski definition) is 1. The standard InChI is InChI=1S/C21H22F3N3O3/c1-15(28)27-11-9-20(10-12-27,16-5-3-2-4-6-16)19(29)26-17-7-8-18(25-13-17)30-14-21(22,23)24/h2-8,13H,9-12,14H2,1H3,(H,26,29). The van der Waals surface area contributed by atoms with Gasteiger partial charge in [0.1, 0.15) is 0 Å². The maximum Gasteiger partial charge on any atom is 0.422 e. The molecule has 1 aliphatic rings. The van der Waals surface area contributed by atoms with Crippen LogP contribution in [-0.4, -0.2) is 47.6 Å². The Balaban J connectivity index is 1.75. The van der Waals surface area contributed by atoms with Crippen LogP contribution in [0.2, 0.25) is 0 Å². The molecule has 0 saturated carbocycles. The second-order valence-electron chi connectivity index (χ2n) is 7.20. The van der Waals surface area contributed by atoms with Crippen molar-refractivity contribution in [1.82, 2.24) is 9.88 Å². The molecule has 1 aliphatic heterocycles. The van der Waals surface area contributed by atoms with Gasteiger partial charge in [0, 0.05) is 26.1 Å². The molecule has 1 aromatic heterocycles. The Morgan fingerprint density at radius 2 is 1.80 bits per heavy atom. The lowest BCUT2D eigenvalue weighted by Crippen LogP contribution is -2.50. The first-order valence-corrected chi connectivity index (χ1v) is 9.48. The highest BCUT2D eigenvalue weighted by atomic mass is 19.4. The van der Waals surface area contributed by atoms with Crippen LogP contribution < -0.4 is 10.1 Å². The first kappa shape index (κ1) is 21.6. The number of nitrogens with one attached hydrogen (secondary N) is 1. The molecule has 0 spiro atoms. The third-order valence-electron chi connectivity index (χ3n) is 5.20. The lowest BCUT2D eigenvalue weighted by Gasteiger charge is -2.40. The van der Waals surface area contributed by atoms with E-state index >= 15 is 0 Å². The molecule has 9 heteroatoms. The van der Waals surface area contributed by atoms with Gasteiger partial charge in [-0.05, 0) is 24.5 Å². The number of amides is 2. The number of anilines is 1. The maximum absolute atomic E-state index is 13.3. The molecular weight excluding hydrogens is 399 g/mol. The number of benzene rings is 1. The van der Waals surface area contributed by atoms with Crippen molar-refractivity contribution in [1.29, 1.82) is 0 Å². The lowest BCUT2D eigenvalue weighted by atomic mass is 9.72. The summed E-state index contributed by atoms with van der Waals surface area (Å²) in [5.74, 6) is -0.462. The fourth-order valence-corrected chi connectivity index (χ4v) is 3.55. The summed E-state index contributed by atoms with van der Waals surface area (Å²) in [6.07, 6.45) is -2.27. The third kappa shape index (κ3) is 5.08. The van der Waals surface area contributed by atoms with Crippen LogP contribution in [-0.2, 0) is 15.0 Å². The predicted octanol–water partition coefficient (Wildman–Crippen LogP) is 3.54. The predicted molar refractivity (Wildman–Crippen MR) is 104 cm³/mol. The molecule has 2 aromatic rings. The SMILES string of the molecule is CC(=O)N1CCC(C(=O)Nc2ccc(OCC(F)(F)F)nc2)(c2ccccc2)CC1. The Morgan fingerprint density at radius 1 is 1.13 bits per heavy atom. The number of rotatable bonds is 5. The van der Waals surface area contributed by atoms with Crippen molar-refractivity contribution >= 4 is 17.5 Å². The van der Waals surface area contributed by atoms with E-state index in [1.165, 1.54) is 25.3 Å². The molecule has 0 aliphatic carbocycles. The highest BCUT2D eigenvalue weighted by molar-refractivity contribution is 5.99. The number of pyridine rings is 1. The van der Waals surface area contributed by atoms with Crippen LogP contribution in [0.3, 0.4) is 0 Å². The van der Waals surface area contributed by atoms with E-state index in [1.807, 2.05) is 30.3 Å². The van der Waals surface area contributed by atoms with Crippen molar-refractivity contribution in [3.63, 3.8) is 0 Å². The number of piperidine rings is 1. The zero-order valence-electron chi connectivity index (χ0n) is 16.4. The van der Waals surface area contributed by atoms with E-state index in [1.54, 1.807) is 4.90 Å². The number of likely N-dealkylation sites (tertiary alicyclic amines) is 1. The average Bonchev–Trinajstić information content (AvgIpc) is 2.73. The highest BCUT2D eigenvalue weighted by Crippen LogP contribution is 2.37. The van der Waals surface area contributed by atoms with Gasteiger partial charge in [0.25, 0.3) is 0 Å². The number of nitrogens with zero attached hydrogens (tertiary/aromatic N) is 2. The summed E-state index contributed by atoms with van der Waals surface area (Å²) in [6.45, 7) is 0.985. The first-order chi connectivity index (χ1) is 14.2. The second-order valence-corrected chi connectivity index (χ2v) is 7.20. The first-order valence-electron chi connectivity index (χ1n) is 9.48. The molecule has 6 nitrogen and oxygen atoms in total. The van der Waals surface area contributed by atoms with Gasteiger partial charge >= 0.3 is 6.18 Å². The molecular formula is C21H22F3N3O3. The van der Waals surface area contributed by atoms with E-state index in [-0.39, 0.29) is 17.7 Å². The van der Waals surface area contributed by atoms with Crippen LogP contribution >= 0.6 is 0 Å². The Kier molecular flexibility index (Phi) is 6.28. The number of ether oxygens (including phenoxy) is 1. The van der Waals surface area contributed by atoms with Gasteiger partial charge in [-0.2, -0.15) is 13.2 Å². The van der Waals surface area contributed by atoms with Gasteiger partial charge in [-0.3, -0.25) is 9.59 Å². The summed E-state index contributed by atoms with van der Waals surface area (Å²) in [7, 11) is 0. The molecule has 1 fully saturated rings. The molecule has 0 atom stereocenters. The third-order valence-corrected chi connectivity index (χ3v) is 5.20. The van der Waals surface area contributed by atoms with E-state index in [9.17, 15) is 22.8 Å². The highest BCUT2D eigenvalue weighted by Gasteiger charge is 2.43. The fraction of sp³-hybridized carbons (Fsp3) is 0.381. The zero-order valence-corrected chi connectivity index (χ0v) is 16.4. The van der Waals surface area contributed by atoms with Crippen LogP contribution in [0.5, 0.6) is 5.88 Å². The average molecular weight is 421 g/mol. The van der Waals surface area contributed by atoms with Crippen LogP contribution in [0.1, 0.15) is 25.3 Å². The quantitative estimate of drug-likeness (QED) is 0.802. The van der Waals surface area contributed by atoms with Gasteiger partial charge in [0.15, 0.2) is 6.61 Å². The topological polar surface area (TPSA) is 71.5 Å². The monoisotopic (exact) mass is 421 g/mol. The van der Waals surface area contributed by atoms with Crippen molar-refractivity contribution in [2.24, 2.45) is 0 Å².